The molecule has 0 heterocycles. The van der Waals surface area contributed by atoms with Gasteiger partial charge in [-0.05, 0) is 38.5 Å². The van der Waals surface area contributed by atoms with Crippen LogP contribution in [0, 0.1) is 0 Å². The number of hydrogen-bond donors (Lipinski definition) is 3. The van der Waals surface area contributed by atoms with Crippen LogP contribution in [0.1, 0.15) is 121 Å². The number of hydrogen-bond acceptors (Lipinski definition) is 3. The molecule has 0 atom stereocenters. The predicted octanol–water partition coefficient (Wildman–Crippen LogP) is 6.83. The van der Waals surface area contributed by atoms with Crippen LogP contribution in [-0.4, -0.2) is 30.9 Å². The van der Waals surface area contributed by atoms with Crippen molar-refractivity contribution < 1.29 is 9.59 Å². The van der Waals surface area contributed by atoms with E-state index in [-0.39, 0.29) is 24.4 Å². The second kappa shape index (κ2) is 19.4. The lowest BCUT2D eigenvalue weighted by atomic mass is 10.0. The largest absolute Gasteiger partial charge is 0.376 e. The molecule has 5 heteroatoms. The minimum atomic E-state index is -0.101. The fourth-order valence-corrected chi connectivity index (χ4v) is 3.91. The van der Waals surface area contributed by atoms with Crippen molar-refractivity contribution >= 4 is 17.5 Å². The van der Waals surface area contributed by atoms with Gasteiger partial charge in [-0.2, -0.15) is 0 Å². The molecule has 0 saturated heterocycles. The third-order valence-electron chi connectivity index (χ3n) is 5.85. The molecule has 0 spiro atoms. The van der Waals surface area contributed by atoms with Gasteiger partial charge in [-0.1, -0.05) is 96.5 Å². The van der Waals surface area contributed by atoms with Gasteiger partial charge in [-0.3, -0.25) is 9.59 Å². The Labute approximate surface area is 202 Å². The summed E-state index contributed by atoms with van der Waals surface area (Å²) in [5, 5.41) is 8.96. The molecule has 0 saturated carbocycles. The number of nitrogens with one attached hydrogen (secondary N) is 3. The molecule has 0 aliphatic heterocycles. The van der Waals surface area contributed by atoms with Crippen LogP contribution < -0.4 is 16.0 Å². The van der Waals surface area contributed by atoms with Crippen molar-refractivity contribution in [2.75, 3.05) is 18.4 Å². The molecule has 0 aliphatic carbocycles. The van der Waals surface area contributed by atoms with Crippen molar-refractivity contribution in [1.82, 2.24) is 10.6 Å². The van der Waals surface area contributed by atoms with Gasteiger partial charge in [0.05, 0.1) is 6.54 Å². The number of anilines is 1. The van der Waals surface area contributed by atoms with Crippen molar-refractivity contribution in [2.45, 2.75) is 117 Å². The Morgan fingerprint density at radius 3 is 1.88 bits per heavy atom. The fraction of sp³-hybridized carbons (Fsp3) is 0.714. The second-order valence-electron chi connectivity index (χ2n) is 9.51. The Morgan fingerprint density at radius 2 is 1.33 bits per heavy atom. The van der Waals surface area contributed by atoms with E-state index in [4.69, 9.17) is 0 Å². The van der Waals surface area contributed by atoms with Crippen molar-refractivity contribution in [3.63, 3.8) is 0 Å². The van der Waals surface area contributed by atoms with Gasteiger partial charge < -0.3 is 16.0 Å². The summed E-state index contributed by atoms with van der Waals surface area (Å²) in [6.45, 7) is 7.09. The molecule has 0 aliphatic rings. The lowest BCUT2D eigenvalue weighted by Crippen LogP contribution is -2.31. The molecule has 3 N–H and O–H groups in total. The molecule has 0 bridgehead atoms. The summed E-state index contributed by atoms with van der Waals surface area (Å²) in [4.78, 5) is 24.2. The zero-order valence-corrected chi connectivity index (χ0v) is 21.5. The maximum absolute atomic E-state index is 12.1. The van der Waals surface area contributed by atoms with E-state index in [2.05, 4.69) is 22.9 Å². The summed E-state index contributed by atoms with van der Waals surface area (Å²) in [6.07, 6.45) is 18.7. The van der Waals surface area contributed by atoms with Gasteiger partial charge in [0.15, 0.2) is 0 Å². The topological polar surface area (TPSA) is 70.2 Å². The molecule has 188 valence electrons. The van der Waals surface area contributed by atoms with Gasteiger partial charge in [0.2, 0.25) is 5.91 Å². The van der Waals surface area contributed by atoms with Gasteiger partial charge in [-0.25, -0.2) is 0 Å². The smallest absolute Gasteiger partial charge is 0.251 e. The lowest BCUT2D eigenvalue weighted by molar-refractivity contribution is -0.119. The van der Waals surface area contributed by atoms with E-state index in [0.29, 0.717) is 5.56 Å². The summed E-state index contributed by atoms with van der Waals surface area (Å²) in [5.74, 6) is -0.113. The molecule has 0 fully saturated rings. The molecule has 1 aromatic rings. The first-order valence-electron chi connectivity index (χ1n) is 13.4. The molecular weight excluding hydrogens is 410 g/mol. The second-order valence-corrected chi connectivity index (χ2v) is 9.51. The maximum atomic E-state index is 12.1. The van der Waals surface area contributed by atoms with E-state index in [1.54, 1.807) is 12.1 Å². The highest BCUT2D eigenvalue weighted by molar-refractivity contribution is 5.95. The molecule has 2 amide bonds. The van der Waals surface area contributed by atoms with Gasteiger partial charge >= 0.3 is 0 Å². The van der Waals surface area contributed by atoms with Crippen molar-refractivity contribution in [1.29, 1.82) is 0 Å². The number of unbranched alkanes of at least 4 members (excludes halogenated alkanes) is 13. The predicted molar refractivity (Wildman–Crippen MR) is 141 cm³/mol. The number of benzene rings is 1. The van der Waals surface area contributed by atoms with Crippen molar-refractivity contribution in [2.24, 2.45) is 0 Å². The normalized spacial score (nSPS) is 10.9. The van der Waals surface area contributed by atoms with Gasteiger partial charge in [0.1, 0.15) is 0 Å². The van der Waals surface area contributed by atoms with E-state index in [1.807, 2.05) is 26.0 Å². The average molecular weight is 460 g/mol. The summed E-state index contributed by atoms with van der Waals surface area (Å²) in [7, 11) is 0. The summed E-state index contributed by atoms with van der Waals surface area (Å²) < 4.78 is 0. The number of amides is 2. The SMILES string of the molecule is CCCCCCCCCCCCCCCCNC(=O)CNc1cccc(C(=O)NC(C)C)c1. The van der Waals surface area contributed by atoms with Crippen LogP contribution in [0.15, 0.2) is 24.3 Å². The zero-order chi connectivity index (χ0) is 24.2. The standard InChI is InChI=1S/C28H49N3O2/c1-4-5-6-7-8-9-10-11-12-13-14-15-16-17-21-29-27(32)23-30-26-20-18-19-25(22-26)28(33)31-24(2)3/h18-20,22,24,30H,4-17,21,23H2,1-3H3,(H,29,32)(H,31,33). The number of carbonyl (C=O) groups excluding carboxylic acids is 2. The van der Waals surface area contributed by atoms with E-state index >= 15 is 0 Å². The Hall–Kier alpha value is -2.04. The van der Waals surface area contributed by atoms with E-state index in [0.717, 1.165) is 18.7 Å². The van der Waals surface area contributed by atoms with E-state index < -0.39 is 0 Å². The third kappa shape index (κ3) is 16.3. The first kappa shape index (κ1) is 29.0. The number of carbonyl (C=O) groups is 2. The maximum Gasteiger partial charge on any atom is 0.251 e. The minimum Gasteiger partial charge on any atom is -0.376 e. The minimum absolute atomic E-state index is 0.0123. The summed E-state index contributed by atoms with van der Waals surface area (Å²) in [5.41, 5.74) is 1.37. The van der Waals surface area contributed by atoms with Crippen LogP contribution >= 0.6 is 0 Å². The van der Waals surface area contributed by atoms with E-state index in [9.17, 15) is 9.59 Å². The molecular formula is C28H49N3O2. The molecule has 33 heavy (non-hydrogen) atoms. The van der Waals surface area contributed by atoms with Crippen LogP contribution in [0.4, 0.5) is 5.69 Å². The Bertz CT molecular complexity index is 646. The quantitative estimate of drug-likeness (QED) is 0.187. The summed E-state index contributed by atoms with van der Waals surface area (Å²) in [6, 6.07) is 7.34. The molecule has 1 rings (SSSR count). The summed E-state index contributed by atoms with van der Waals surface area (Å²) >= 11 is 0. The highest BCUT2D eigenvalue weighted by Crippen LogP contribution is 2.13. The zero-order valence-electron chi connectivity index (χ0n) is 21.5. The highest BCUT2D eigenvalue weighted by Gasteiger charge is 2.08. The third-order valence-corrected chi connectivity index (χ3v) is 5.85. The monoisotopic (exact) mass is 459 g/mol. The molecule has 1 aromatic carbocycles. The van der Waals surface area contributed by atoms with Crippen LogP contribution in [0.5, 0.6) is 0 Å². The molecule has 5 nitrogen and oxygen atoms in total. The Kier molecular flexibility index (Phi) is 17.1. The van der Waals surface area contributed by atoms with Gasteiger partial charge in [0.25, 0.3) is 5.91 Å². The molecule has 0 aromatic heterocycles. The van der Waals surface area contributed by atoms with Crippen LogP contribution in [0.2, 0.25) is 0 Å². The molecule has 0 unspecified atom stereocenters. The first-order valence-corrected chi connectivity index (χ1v) is 13.4. The Balaban J connectivity index is 1.97. The van der Waals surface area contributed by atoms with Crippen LogP contribution in [0.3, 0.4) is 0 Å². The lowest BCUT2D eigenvalue weighted by Gasteiger charge is -2.11. The van der Waals surface area contributed by atoms with Crippen LogP contribution in [-0.2, 0) is 4.79 Å². The average Bonchev–Trinajstić information content (AvgIpc) is 2.80. The van der Waals surface area contributed by atoms with Crippen LogP contribution in [0.25, 0.3) is 0 Å². The van der Waals surface area contributed by atoms with Gasteiger partial charge in [0, 0.05) is 23.8 Å². The Morgan fingerprint density at radius 1 is 0.788 bits per heavy atom. The molecule has 0 radical (unpaired) electrons. The first-order chi connectivity index (χ1) is 16.0. The van der Waals surface area contributed by atoms with Gasteiger partial charge in [-0.15, -0.1) is 0 Å². The highest BCUT2D eigenvalue weighted by atomic mass is 16.2. The van der Waals surface area contributed by atoms with Crippen molar-refractivity contribution in [3.05, 3.63) is 29.8 Å². The number of rotatable bonds is 20. The fourth-order valence-electron chi connectivity index (χ4n) is 3.91. The van der Waals surface area contributed by atoms with E-state index in [1.165, 1.54) is 83.5 Å². The van der Waals surface area contributed by atoms with Crippen molar-refractivity contribution in [3.8, 4) is 0 Å².